The highest BCUT2D eigenvalue weighted by Crippen LogP contribution is 2.35. The van der Waals surface area contributed by atoms with E-state index >= 15 is 0 Å². The molecule has 0 unspecified atom stereocenters. The minimum Gasteiger partial charge on any atom is -0.345 e. The summed E-state index contributed by atoms with van der Waals surface area (Å²) < 4.78 is 0. The summed E-state index contributed by atoms with van der Waals surface area (Å²) in [7, 11) is 1.93. The van der Waals surface area contributed by atoms with Gasteiger partial charge in [0.2, 0.25) is 5.91 Å². The number of nitrogens with two attached hydrogens (primary N) is 1. The van der Waals surface area contributed by atoms with E-state index in [-0.39, 0.29) is 11.3 Å². The van der Waals surface area contributed by atoms with Crippen LogP contribution in [0.5, 0.6) is 0 Å². The van der Waals surface area contributed by atoms with Gasteiger partial charge < -0.3 is 10.6 Å². The van der Waals surface area contributed by atoms with Crippen LogP contribution >= 0.6 is 11.3 Å². The second kappa shape index (κ2) is 7.23. The van der Waals surface area contributed by atoms with Crippen LogP contribution in [-0.2, 0) is 11.2 Å². The average Bonchev–Trinajstić information content (AvgIpc) is 2.87. The van der Waals surface area contributed by atoms with E-state index < -0.39 is 0 Å². The van der Waals surface area contributed by atoms with Crippen LogP contribution in [0.1, 0.15) is 43.4 Å². The molecule has 0 spiro atoms. The van der Waals surface area contributed by atoms with Gasteiger partial charge in [-0.1, -0.05) is 31.7 Å². The Morgan fingerprint density at radius 2 is 2.05 bits per heavy atom. The number of rotatable bonds is 5. The van der Waals surface area contributed by atoms with Crippen LogP contribution in [0.4, 0.5) is 0 Å². The van der Waals surface area contributed by atoms with Crippen molar-refractivity contribution in [2.24, 2.45) is 11.1 Å². The molecule has 1 heterocycles. The predicted octanol–water partition coefficient (Wildman–Crippen LogP) is 3.05. The van der Waals surface area contributed by atoms with Crippen molar-refractivity contribution in [1.29, 1.82) is 0 Å². The molecule has 0 saturated heterocycles. The number of carbonyl (C=O) groups is 1. The maximum absolute atomic E-state index is 12.8. The van der Waals surface area contributed by atoms with Gasteiger partial charge >= 0.3 is 0 Å². The molecule has 20 heavy (non-hydrogen) atoms. The lowest BCUT2D eigenvalue weighted by molar-refractivity contribution is -0.141. The molecule has 1 aliphatic rings. The molecule has 1 aromatic heterocycles. The van der Waals surface area contributed by atoms with Gasteiger partial charge in [-0.25, -0.2) is 0 Å². The molecule has 1 fully saturated rings. The fraction of sp³-hybridized carbons (Fsp3) is 0.688. The summed E-state index contributed by atoms with van der Waals surface area (Å²) in [6, 6.07) is 4.20. The molecule has 1 saturated carbocycles. The van der Waals surface area contributed by atoms with Crippen LogP contribution in [0.15, 0.2) is 17.5 Å². The maximum atomic E-state index is 12.8. The molecule has 1 amide bonds. The van der Waals surface area contributed by atoms with Gasteiger partial charge in [-0.05, 0) is 30.7 Å². The van der Waals surface area contributed by atoms with Crippen LogP contribution in [0.2, 0.25) is 0 Å². The second-order valence-electron chi connectivity index (χ2n) is 5.95. The standard InChI is InChI=1S/C16H26N2OS/c1-18(11-8-14-7-6-12-20-14)15(19)16(13-17)9-4-2-3-5-10-16/h6-7,12H,2-5,8-11,13,17H2,1H3. The van der Waals surface area contributed by atoms with Crippen LogP contribution in [0.25, 0.3) is 0 Å². The van der Waals surface area contributed by atoms with Gasteiger partial charge in [0.1, 0.15) is 0 Å². The molecule has 4 heteroatoms. The Morgan fingerprint density at radius 3 is 2.60 bits per heavy atom. The second-order valence-corrected chi connectivity index (χ2v) is 6.99. The van der Waals surface area contributed by atoms with E-state index in [1.54, 1.807) is 11.3 Å². The molecular weight excluding hydrogens is 268 g/mol. The Balaban J connectivity index is 1.96. The van der Waals surface area contributed by atoms with E-state index in [0.29, 0.717) is 6.54 Å². The number of nitrogens with zero attached hydrogens (tertiary/aromatic N) is 1. The van der Waals surface area contributed by atoms with Crippen molar-refractivity contribution in [1.82, 2.24) is 4.90 Å². The van der Waals surface area contributed by atoms with E-state index in [2.05, 4.69) is 17.5 Å². The molecule has 2 N–H and O–H groups in total. The number of hydrogen-bond acceptors (Lipinski definition) is 3. The summed E-state index contributed by atoms with van der Waals surface area (Å²) in [5.74, 6) is 0.262. The lowest BCUT2D eigenvalue weighted by Gasteiger charge is -2.34. The first-order valence-corrected chi connectivity index (χ1v) is 8.54. The summed E-state index contributed by atoms with van der Waals surface area (Å²) in [5, 5.41) is 2.09. The van der Waals surface area contributed by atoms with Crippen LogP contribution in [-0.4, -0.2) is 30.9 Å². The van der Waals surface area contributed by atoms with Crippen molar-refractivity contribution in [3.63, 3.8) is 0 Å². The van der Waals surface area contributed by atoms with Crippen molar-refractivity contribution >= 4 is 17.2 Å². The van der Waals surface area contributed by atoms with Gasteiger partial charge in [-0.2, -0.15) is 0 Å². The summed E-state index contributed by atoms with van der Waals surface area (Å²) >= 11 is 1.76. The highest BCUT2D eigenvalue weighted by atomic mass is 32.1. The van der Waals surface area contributed by atoms with Gasteiger partial charge in [0.05, 0.1) is 5.41 Å². The Morgan fingerprint density at radius 1 is 1.35 bits per heavy atom. The molecule has 0 aliphatic heterocycles. The van der Waals surface area contributed by atoms with Crippen molar-refractivity contribution < 1.29 is 4.79 Å². The lowest BCUT2D eigenvalue weighted by atomic mass is 9.79. The van der Waals surface area contributed by atoms with Gasteiger partial charge in [-0.15, -0.1) is 11.3 Å². The fourth-order valence-corrected chi connectivity index (χ4v) is 3.85. The zero-order chi connectivity index (χ0) is 14.4. The van der Waals surface area contributed by atoms with Gasteiger partial charge in [0.15, 0.2) is 0 Å². The molecule has 0 radical (unpaired) electrons. The monoisotopic (exact) mass is 294 g/mol. The number of amides is 1. The van der Waals surface area contributed by atoms with Gasteiger partial charge in [0, 0.05) is 25.0 Å². The molecule has 0 aromatic carbocycles. The number of hydrogen-bond donors (Lipinski definition) is 1. The van der Waals surface area contributed by atoms with Crippen molar-refractivity contribution in [3.05, 3.63) is 22.4 Å². The summed E-state index contributed by atoms with van der Waals surface area (Å²) in [6.07, 6.45) is 7.64. The SMILES string of the molecule is CN(CCc1cccs1)C(=O)C1(CN)CCCCCC1. The molecule has 112 valence electrons. The van der Waals surface area contributed by atoms with Gasteiger partial charge in [-0.3, -0.25) is 4.79 Å². The summed E-state index contributed by atoms with van der Waals surface area (Å²) in [5.41, 5.74) is 5.70. The topological polar surface area (TPSA) is 46.3 Å². The zero-order valence-electron chi connectivity index (χ0n) is 12.4. The van der Waals surface area contributed by atoms with Crippen molar-refractivity contribution in [2.75, 3.05) is 20.1 Å². The third kappa shape index (κ3) is 3.61. The smallest absolute Gasteiger partial charge is 0.229 e. The number of carbonyl (C=O) groups excluding carboxylic acids is 1. The highest BCUT2D eigenvalue weighted by Gasteiger charge is 2.38. The summed E-state index contributed by atoms with van der Waals surface area (Å²) in [4.78, 5) is 16.1. The third-order valence-electron chi connectivity index (χ3n) is 4.53. The molecule has 0 atom stereocenters. The number of thiophene rings is 1. The summed E-state index contributed by atoms with van der Waals surface area (Å²) in [6.45, 7) is 1.29. The maximum Gasteiger partial charge on any atom is 0.229 e. The largest absolute Gasteiger partial charge is 0.345 e. The first kappa shape index (κ1) is 15.5. The molecule has 2 rings (SSSR count). The minimum atomic E-state index is -0.291. The van der Waals surface area contributed by atoms with E-state index in [1.807, 2.05) is 11.9 Å². The Bertz CT molecular complexity index is 408. The van der Waals surface area contributed by atoms with E-state index in [0.717, 1.165) is 38.6 Å². The first-order valence-electron chi connectivity index (χ1n) is 7.66. The molecule has 3 nitrogen and oxygen atoms in total. The van der Waals surface area contributed by atoms with E-state index in [1.165, 1.54) is 17.7 Å². The Labute approximate surface area is 126 Å². The first-order chi connectivity index (χ1) is 9.68. The Kier molecular flexibility index (Phi) is 5.61. The zero-order valence-corrected chi connectivity index (χ0v) is 13.3. The fourth-order valence-electron chi connectivity index (χ4n) is 3.15. The van der Waals surface area contributed by atoms with E-state index in [4.69, 9.17) is 5.73 Å². The van der Waals surface area contributed by atoms with Crippen LogP contribution < -0.4 is 5.73 Å². The predicted molar refractivity (Wildman–Crippen MR) is 84.8 cm³/mol. The van der Waals surface area contributed by atoms with Crippen molar-refractivity contribution in [3.8, 4) is 0 Å². The normalized spacial score (nSPS) is 18.5. The van der Waals surface area contributed by atoms with E-state index in [9.17, 15) is 4.79 Å². The quantitative estimate of drug-likeness (QED) is 0.848. The molecule has 1 aliphatic carbocycles. The average molecular weight is 294 g/mol. The van der Waals surface area contributed by atoms with Crippen molar-refractivity contribution in [2.45, 2.75) is 44.9 Å². The molecule has 0 bridgehead atoms. The van der Waals surface area contributed by atoms with Crippen LogP contribution in [0, 0.1) is 5.41 Å². The minimum absolute atomic E-state index is 0.262. The molecule has 1 aromatic rings. The Hall–Kier alpha value is -0.870. The highest BCUT2D eigenvalue weighted by molar-refractivity contribution is 7.09. The number of likely N-dealkylation sites (N-methyl/N-ethyl adjacent to an activating group) is 1. The van der Waals surface area contributed by atoms with Crippen LogP contribution in [0.3, 0.4) is 0 Å². The third-order valence-corrected chi connectivity index (χ3v) is 5.46. The lowest BCUT2D eigenvalue weighted by Crippen LogP contribution is -2.47. The van der Waals surface area contributed by atoms with Gasteiger partial charge in [0.25, 0.3) is 0 Å². The molecular formula is C16H26N2OS.